The lowest BCUT2D eigenvalue weighted by Gasteiger charge is -2.15. The van der Waals surface area contributed by atoms with Gasteiger partial charge in [-0.2, -0.15) is 0 Å². The Balaban J connectivity index is 3.22. The summed E-state index contributed by atoms with van der Waals surface area (Å²) in [5.74, 6) is -0.404. The van der Waals surface area contributed by atoms with Gasteiger partial charge in [0.1, 0.15) is 3.70 Å². The van der Waals surface area contributed by atoms with Gasteiger partial charge >= 0.3 is 6.36 Å². The molecule has 0 bridgehead atoms. The van der Waals surface area contributed by atoms with E-state index in [0.717, 1.165) is 0 Å². The van der Waals surface area contributed by atoms with Gasteiger partial charge in [-0.15, -0.1) is 13.2 Å². The topological polar surface area (TPSA) is 31.4 Å². The number of rotatable bonds is 3. The average Bonchev–Trinajstić information content (AvgIpc) is 2.18. The molecule has 0 saturated heterocycles. The maximum Gasteiger partial charge on any atom is 0.573 e. The zero-order valence-electron chi connectivity index (χ0n) is 7.94. The molecule has 3 nitrogen and oxygen atoms in total. The number of nitrogens with zero attached hydrogens (tertiary/aromatic N) is 1. The maximum absolute atomic E-state index is 12.2. The van der Waals surface area contributed by atoms with Crippen LogP contribution in [0.4, 0.5) is 13.2 Å². The number of methoxy groups -OCH3 is 1. The first-order valence-electron chi connectivity index (χ1n) is 3.92. The van der Waals surface area contributed by atoms with Gasteiger partial charge < -0.3 is 9.47 Å². The molecule has 0 aliphatic carbocycles. The highest BCUT2D eigenvalue weighted by Gasteiger charge is 2.34. The summed E-state index contributed by atoms with van der Waals surface area (Å²) in [4.78, 5) is 3.92. The van der Waals surface area contributed by atoms with E-state index in [-0.39, 0.29) is 16.8 Å². The van der Waals surface area contributed by atoms with E-state index in [0.29, 0.717) is 3.70 Å². The Bertz CT molecular complexity index is 361. The molecule has 0 atom stereocenters. The van der Waals surface area contributed by atoms with Crippen LogP contribution in [0.2, 0.25) is 0 Å². The molecule has 8 heteroatoms. The SMILES string of the molecule is COc1cc(I)nc(CBr)c1OC(F)(F)F. The lowest BCUT2D eigenvalue weighted by Crippen LogP contribution is -2.19. The summed E-state index contributed by atoms with van der Waals surface area (Å²) in [7, 11) is 1.27. The summed E-state index contributed by atoms with van der Waals surface area (Å²) >= 11 is 4.93. The van der Waals surface area contributed by atoms with E-state index in [4.69, 9.17) is 4.74 Å². The zero-order valence-corrected chi connectivity index (χ0v) is 11.7. The average molecular weight is 412 g/mol. The molecular weight excluding hydrogens is 406 g/mol. The number of ether oxygens (including phenoxy) is 2. The summed E-state index contributed by atoms with van der Waals surface area (Å²) in [5, 5.41) is 0.144. The van der Waals surface area contributed by atoms with Crippen molar-refractivity contribution in [2.45, 2.75) is 11.7 Å². The van der Waals surface area contributed by atoms with Gasteiger partial charge in [0.05, 0.1) is 12.8 Å². The third-order valence-electron chi connectivity index (χ3n) is 1.54. The molecule has 0 fully saturated rings. The van der Waals surface area contributed by atoms with Gasteiger partial charge in [-0.1, -0.05) is 15.9 Å². The Morgan fingerprint density at radius 2 is 2.12 bits per heavy atom. The molecule has 1 aromatic heterocycles. The molecule has 0 aromatic carbocycles. The first kappa shape index (κ1) is 13.8. The lowest BCUT2D eigenvalue weighted by molar-refractivity contribution is -0.275. The second-order valence-electron chi connectivity index (χ2n) is 2.60. The molecule has 1 rings (SSSR count). The van der Waals surface area contributed by atoms with Crippen molar-refractivity contribution in [1.29, 1.82) is 0 Å². The van der Waals surface area contributed by atoms with Crippen molar-refractivity contribution in [3.8, 4) is 11.5 Å². The highest BCUT2D eigenvalue weighted by atomic mass is 127. The molecule has 0 radical (unpaired) electrons. The van der Waals surface area contributed by atoms with Crippen molar-refractivity contribution in [3.05, 3.63) is 15.5 Å². The smallest absolute Gasteiger partial charge is 0.493 e. The minimum absolute atomic E-state index is 0.00572. The third kappa shape index (κ3) is 3.65. The van der Waals surface area contributed by atoms with E-state index >= 15 is 0 Å². The number of hydrogen-bond donors (Lipinski definition) is 0. The molecule has 90 valence electrons. The minimum Gasteiger partial charge on any atom is -0.493 e. The maximum atomic E-state index is 12.2. The third-order valence-corrected chi connectivity index (χ3v) is 2.63. The van der Waals surface area contributed by atoms with Crippen LogP contribution in [-0.2, 0) is 5.33 Å². The molecule has 0 aliphatic heterocycles. The normalized spacial score (nSPS) is 11.4. The molecule has 0 amide bonds. The van der Waals surface area contributed by atoms with E-state index in [1.807, 2.05) is 22.6 Å². The van der Waals surface area contributed by atoms with Crippen molar-refractivity contribution in [2.24, 2.45) is 0 Å². The summed E-state index contributed by atoms with van der Waals surface area (Å²) in [6.45, 7) is 0. The van der Waals surface area contributed by atoms with E-state index < -0.39 is 12.1 Å². The molecule has 1 heterocycles. The van der Waals surface area contributed by atoms with E-state index in [1.54, 1.807) is 0 Å². The van der Waals surface area contributed by atoms with Crippen LogP contribution in [0, 0.1) is 3.70 Å². The highest BCUT2D eigenvalue weighted by Crippen LogP contribution is 2.36. The van der Waals surface area contributed by atoms with Gasteiger partial charge in [0.15, 0.2) is 11.5 Å². The fourth-order valence-corrected chi connectivity index (χ4v) is 1.95. The molecule has 1 aromatic rings. The van der Waals surface area contributed by atoms with Crippen molar-refractivity contribution in [3.63, 3.8) is 0 Å². The minimum atomic E-state index is -4.77. The van der Waals surface area contributed by atoms with Crippen LogP contribution in [0.5, 0.6) is 11.5 Å². The van der Waals surface area contributed by atoms with Crippen LogP contribution in [0.25, 0.3) is 0 Å². The molecule has 16 heavy (non-hydrogen) atoms. The van der Waals surface area contributed by atoms with Crippen LogP contribution in [0.15, 0.2) is 6.07 Å². The van der Waals surface area contributed by atoms with Crippen LogP contribution >= 0.6 is 38.5 Å². The fraction of sp³-hybridized carbons (Fsp3) is 0.375. The first-order valence-corrected chi connectivity index (χ1v) is 6.12. The molecule has 0 aliphatic rings. The number of halogens is 5. The van der Waals surface area contributed by atoms with Gasteiger partial charge in [-0.3, -0.25) is 0 Å². The molecule has 0 N–H and O–H groups in total. The van der Waals surface area contributed by atoms with Gasteiger partial charge in [-0.05, 0) is 22.6 Å². The van der Waals surface area contributed by atoms with Crippen molar-refractivity contribution in [2.75, 3.05) is 7.11 Å². The van der Waals surface area contributed by atoms with Crippen molar-refractivity contribution < 1.29 is 22.6 Å². The van der Waals surface area contributed by atoms with E-state index in [9.17, 15) is 13.2 Å². The summed E-state index contributed by atoms with van der Waals surface area (Å²) < 4.78 is 45.7. The Hall–Kier alpha value is -0.250. The quantitative estimate of drug-likeness (QED) is 0.433. The Labute approximate surface area is 112 Å². The number of hydrogen-bond acceptors (Lipinski definition) is 3. The Kier molecular flexibility index (Phi) is 4.65. The van der Waals surface area contributed by atoms with Gasteiger partial charge in [-0.25, -0.2) is 4.98 Å². The summed E-state index contributed by atoms with van der Waals surface area (Å²) in [6.07, 6.45) is -4.77. The number of aromatic nitrogens is 1. The van der Waals surface area contributed by atoms with Crippen LogP contribution in [0.1, 0.15) is 5.69 Å². The summed E-state index contributed by atoms with van der Waals surface area (Å²) in [6, 6.07) is 1.37. The van der Waals surface area contributed by atoms with E-state index in [1.165, 1.54) is 13.2 Å². The second-order valence-corrected chi connectivity index (χ2v) is 4.27. The predicted octanol–water partition coefficient (Wildman–Crippen LogP) is 3.49. The lowest BCUT2D eigenvalue weighted by atomic mass is 10.3. The monoisotopic (exact) mass is 411 g/mol. The van der Waals surface area contributed by atoms with Crippen LogP contribution in [-0.4, -0.2) is 18.5 Å². The molecule has 0 spiro atoms. The van der Waals surface area contributed by atoms with Gasteiger partial charge in [0.2, 0.25) is 0 Å². The Morgan fingerprint density at radius 1 is 1.50 bits per heavy atom. The Morgan fingerprint density at radius 3 is 2.56 bits per heavy atom. The number of alkyl halides is 4. The number of pyridine rings is 1. The van der Waals surface area contributed by atoms with Crippen molar-refractivity contribution >= 4 is 38.5 Å². The largest absolute Gasteiger partial charge is 0.573 e. The predicted molar refractivity (Wildman–Crippen MR) is 62.8 cm³/mol. The van der Waals surface area contributed by atoms with Crippen molar-refractivity contribution in [1.82, 2.24) is 4.98 Å². The van der Waals surface area contributed by atoms with Gasteiger partial charge in [0, 0.05) is 11.4 Å². The van der Waals surface area contributed by atoms with Gasteiger partial charge in [0.25, 0.3) is 0 Å². The second kappa shape index (κ2) is 5.39. The van der Waals surface area contributed by atoms with Crippen LogP contribution in [0.3, 0.4) is 0 Å². The molecule has 0 unspecified atom stereocenters. The highest BCUT2D eigenvalue weighted by molar-refractivity contribution is 14.1. The van der Waals surface area contributed by atoms with E-state index in [2.05, 4.69) is 25.7 Å². The molecule has 0 saturated carbocycles. The molecular formula is C8H6BrF3INO2. The first-order chi connectivity index (χ1) is 7.37. The zero-order chi connectivity index (χ0) is 12.3. The van der Waals surface area contributed by atoms with Crippen LogP contribution < -0.4 is 9.47 Å². The summed E-state index contributed by atoms with van der Waals surface area (Å²) in [5.41, 5.74) is 0.140. The standard InChI is InChI=1S/C8H6BrF3INO2/c1-15-5-2-6(13)14-4(3-9)7(5)16-8(10,11)12/h2H,3H2,1H3. The fourth-order valence-electron chi connectivity index (χ4n) is 0.995.